The van der Waals surface area contributed by atoms with Gasteiger partial charge in [-0.15, -0.1) is 0 Å². The third kappa shape index (κ3) is 3.41. The number of carbonyl (C=O) groups excluding carboxylic acids is 2. The van der Waals surface area contributed by atoms with E-state index < -0.39 is 6.04 Å². The minimum absolute atomic E-state index is 0.0347. The lowest BCUT2D eigenvalue weighted by molar-refractivity contribution is -0.157. The van der Waals surface area contributed by atoms with Crippen LogP contribution < -0.4 is 5.32 Å². The first-order valence-electron chi connectivity index (χ1n) is 10.6. The number of H-pyrrole nitrogens is 1. The number of amides is 2. The van der Waals surface area contributed by atoms with Gasteiger partial charge in [0, 0.05) is 22.8 Å². The smallest absolute Gasteiger partial charge is 0.247 e. The monoisotopic (exact) mass is 399 g/mol. The number of aromatic nitrogens is 1. The summed E-state index contributed by atoms with van der Waals surface area (Å²) >= 11 is 0. The summed E-state index contributed by atoms with van der Waals surface area (Å²) in [5.41, 5.74) is 2.88. The lowest BCUT2D eigenvalue weighted by Crippen LogP contribution is -2.59. The predicted octanol–water partition coefficient (Wildman–Crippen LogP) is 4.80. The first-order chi connectivity index (χ1) is 14.7. The second-order valence-corrected chi connectivity index (χ2v) is 8.19. The number of β-lactam (4-membered cyclic amide) rings is 1. The molecule has 2 heterocycles. The van der Waals surface area contributed by atoms with Crippen molar-refractivity contribution in [2.45, 2.75) is 37.8 Å². The SMILES string of the molecule is O=C(Nc1ccc2[nH]ccc2c1)[C@H]([C@H]1CC=CCC1)N1C(=O)C[C@@H]1c1ccccc1. The van der Waals surface area contributed by atoms with Gasteiger partial charge in [0.2, 0.25) is 11.8 Å². The molecule has 2 N–H and O–H groups in total. The molecule has 3 atom stereocenters. The van der Waals surface area contributed by atoms with Crippen LogP contribution in [0.3, 0.4) is 0 Å². The number of nitrogens with zero attached hydrogens (tertiary/aromatic N) is 1. The molecule has 0 unspecified atom stereocenters. The Morgan fingerprint density at radius 3 is 2.73 bits per heavy atom. The van der Waals surface area contributed by atoms with Crippen LogP contribution in [-0.2, 0) is 9.59 Å². The summed E-state index contributed by atoms with van der Waals surface area (Å²) in [5.74, 6) is 0.0836. The van der Waals surface area contributed by atoms with Crippen LogP contribution in [0.4, 0.5) is 5.69 Å². The zero-order valence-electron chi connectivity index (χ0n) is 16.8. The first-order valence-corrected chi connectivity index (χ1v) is 10.6. The van der Waals surface area contributed by atoms with Gasteiger partial charge in [-0.2, -0.15) is 0 Å². The molecular formula is C25H25N3O2. The van der Waals surface area contributed by atoms with Crippen LogP contribution >= 0.6 is 0 Å². The van der Waals surface area contributed by atoms with Crippen molar-refractivity contribution < 1.29 is 9.59 Å². The van der Waals surface area contributed by atoms with Crippen LogP contribution in [0, 0.1) is 5.92 Å². The average Bonchev–Trinajstić information content (AvgIpc) is 3.24. The molecule has 0 bridgehead atoms. The Hall–Kier alpha value is -3.34. The molecule has 2 aliphatic rings. The second-order valence-electron chi connectivity index (χ2n) is 8.19. The fraction of sp³-hybridized carbons (Fsp3) is 0.280. The molecule has 1 fully saturated rings. The van der Waals surface area contributed by atoms with E-state index in [0.717, 1.165) is 41.4 Å². The molecule has 5 heteroatoms. The normalized spacial score (nSPS) is 22.0. The van der Waals surface area contributed by atoms with Crippen LogP contribution in [0.5, 0.6) is 0 Å². The fourth-order valence-corrected chi connectivity index (χ4v) is 4.75. The number of rotatable bonds is 5. The molecule has 1 aliphatic heterocycles. The van der Waals surface area contributed by atoms with Gasteiger partial charge in [-0.1, -0.05) is 42.5 Å². The molecule has 2 aromatic carbocycles. The molecule has 1 aliphatic carbocycles. The number of hydrogen-bond donors (Lipinski definition) is 2. The van der Waals surface area contributed by atoms with Crippen molar-refractivity contribution in [3.8, 4) is 0 Å². The summed E-state index contributed by atoms with van der Waals surface area (Å²) in [4.78, 5) is 31.2. The van der Waals surface area contributed by atoms with E-state index in [9.17, 15) is 9.59 Å². The van der Waals surface area contributed by atoms with Crippen molar-refractivity contribution in [3.05, 3.63) is 78.5 Å². The largest absolute Gasteiger partial charge is 0.361 e. The van der Waals surface area contributed by atoms with Crippen molar-refractivity contribution in [1.82, 2.24) is 9.88 Å². The Balaban J connectivity index is 1.44. The molecule has 0 spiro atoms. The molecule has 0 radical (unpaired) electrons. The minimum Gasteiger partial charge on any atom is -0.361 e. The van der Waals surface area contributed by atoms with Crippen molar-refractivity contribution in [3.63, 3.8) is 0 Å². The number of allylic oxidation sites excluding steroid dienone is 2. The molecule has 1 saturated heterocycles. The highest BCUT2D eigenvalue weighted by molar-refractivity contribution is 6.00. The Morgan fingerprint density at radius 2 is 1.97 bits per heavy atom. The van der Waals surface area contributed by atoms with Gasteiger partial charge in [0.25, 0.3) is 0 Å². The molecule has 30 heavy (non-hydrogen) atoms. The van der Waals surface area contributed by atoms with Gasteiger partial charge in [0.1, 0.15) is 6.04 Å². The van der Waals surface area contributed by atoms with E-state index in [-0.39, 0.29) is 23.8 Å². The van der Waals surface area contributed by atoms with Gasteiger partial charge >= 0.3 is 0 Å². The summed E-state index contributed by atoms with van der Waals surface area (Å²) in [6, 6.07) is 17.3. The van der Waals surface area contributed by atoms with Gasteiger partial charge < -0.3 is 15.2 Å². The molecule has 2 amide bonds. The summed E-state index contributed by atoms with van der Waals surface area (Å²) < 4.78 is 0. The van der Waals surface area contributed by atoms with Crippen molar-refractivity contribution in [2.75, 3.05) is 5.32 Å². The fourth-order valence-electron chi connectivity index (χ4n) is 4.75. The van der Waals surface area contributed by atoms with E-state index in [4.69, 9.17) is 0 Å². The van der Waals surface area contributed by atoms with Crippen molar-refractivity contribution in [2.24, 2.45) is 5.92 Å². The molecule has 0 saturated carbocycles. The van der Waals surface area contributed by atoms with Gasteiger partial charge in [0.15, 0.2) is 0 Å². The van der Waals surface area contributed by atoms with Gasteiger partial charge in [-0.05, 0) is 55.0 Å². The Labute approximate surface area is 175 Å². The summed E-state index contributed by atoms with van der Waals surface area (Å²) in [7, 11) is 0. The van der Waals surface area contributed by atoms with E-state index in [1.165, 1.54) is 0 Å². The Morgan fingerprint density at radius 1 is 1.10 bits per heavy atom. The Bertz CT molecular complexity index is 1100. The lowest BCUT2D eigenvalue weighted by Gasteiger charge is -2.48. The van der Waals surface area contributed by atoms with Crippen LogP contribution in [0.15, 0.2) is 72.9 Å². The number of hydrogen-bond acceptors (Lipinski definition) is 2. The number of aromatic amines is 1. The Kier molecular flexibility index (Phi) is 4.87. The van der Waals surface area contributed by atoms with E-state index in [0.29, 0.717) is 6.42 Å². The van der Waals surface area contributed by atoms with Crippen molar-refractivity contribution >= 4 is 28.4 Å². The number of nitrogens with one attached hydrogen (secondary N) is 2. The average molecular weight is 399 g/mol. The highest BCUT2D eigenvalue weighted by Gasteiger charge is 2.47. The van der Waals surface area contributed by atoms with Gasteiger partial charge in [-0.25, -0.2) is 0 Å². The van der Waals surface area contributed by atoms with E-state index in [2.05, 4.69) is 22.5 Å². The second kappa shape index (κ2) is 7.82. The number of anilines is 1. The molecule has 1 aromatic heterocycles. The van der Waals surface area contributed by atoms with Gasteiger partial charge in [-0.3, -0.25) is 9.59 Å². The number of likely N-dealkylation sites (tertiary alicyclic amines) is 1. The maximum atomic E-state index is 13.5. The van der Waals surface area contributed by atoms with Gasteiger partial charge in [0.05, 0.1) is 12.5 Å². The standard InChI is InChI=1S/C25H25N3O2/c29-23-16-22(17-7-3-1-4-8-17)28(23)24(18-9-5-2-6-10-18)25(30)27-20-11-12-21-19(15-20)13-14-26-21/h1-5,7-8,11-15,18,22,24,26H,6,9-10,16H2,(H,27,30)/t18-,22+,24-/m0/s1. The molecule has 5 nitrogen and oxygen atoms in total. The highest BCUT2D eigenvalue weighted by Crippen LogP contribution is 2.40. The zero-order chi connectivity index (χ0) is 20.5. The van der Waals surface area contributed by atoms with Crippen LogP contribution in [-0.4, -0.2) is 27.7 Å². The lowest BCUT2D eigenvalue weighted by atomic mass is 9.81. The van der Waals surface area contributed by atoms with E-state index in [1.807, 2.05) is 65.7 Å². The van der Waals surface area contributed by atoms with Crippen molar-refractivity contribution in [1.29, 1.82) is 0 Å². The molecule has 5 rings (SSSR count). The number of benzene rings is 2. The summed E-state index contributed by atoms with van der Waals surface area (Å²) in [6.45, 7) is 0. The summed E-state index contributed by atoms with van der Waals surface area (Å²) in [6.07, 6.45) is 9.33. The maximum absolute atomic E-state index is 13.5. The molecular weight excluding hydrogens is 374 g/mol. The highest BCUT2D eigenvalue weighted by atomic mass is 16.2. The molecule has 152 valence electrons. The third-order valence-electron chi connectivity index (χ3n) is 6.32. The molecule has 3 aromatic rings. The first kappa shape index (κ1) is 18.7. The summed E-state index contributed by atoms with van der Waals surface area (Å²) in [5, 5.41) is 4.14. The van der Waals surface area contributed by atoms with E-state index >= 15 is 0 Å². The van der Waals surface area contributed by atoms with Crippen LogP contribution in [0.1, 0.15) is 37.3 Å². The maximum Gasteiger partial charge on any atom is 0.247 e. The zero-order valence-corrected chi connectivity index (χ0v) is 16.8. The number of carbonyl (C=O) groups is 2. The quantitative estimate of drug-likeness (QED) is 0.478. The van der Waals surface area contributed by atoms with Crippen LogP contribution in [0.25, 0.3) is 10.9 Å². The third-order valence-corrected chi connectivity index (χ3v) is 6.32. The van der Waals surface area contributed by atoms with E-state index in [1.54, 1.807) is 0 Å². The predicted molar refractivity (Wildman–Crippen MR) is 118 cm³/mol. The topological polar surface area (TPSA) is 65.2 Å². The van der Waals surface area contributed by atoms with Crippen LogP contribution in [0.2, 0.25) is 0 Å². The minimum atomic E-state index is -0.469. The number of fused-ring (bicyclic) bond motifs is 1.